The van der Waals surface area contributed by atoms with E-state index in [1.54, 1.807) is 7.11 Å². The van der Waals surface area contributed by atoms with Crippen molar-refractivity contribution in [1.82, 2.24) is 0 Å². The quantitative estimate of drug-likeness (QED) is 0.870. The Morgan fingerprint density at radius 3 is 2.25 bits per heavy atom. The van der Waals surface area contributed by atoms with Crippen molar-refractivity contribution >= 4 is 0 Å². The summed E-state index contributed by atoms with van der Waals surface area (Å²) in [6, 6.07) is 18.6. The summed E-state index contributed by atoms with van der Waals surface area (Å²) in [5, 5.41) is 0. The average Bonchev–Trinajstić information content (AvgIpc) is 2.48. The van der Waals surface area contributed by atoms with E-state index in [-0.39, 0.29) is 5.54 Å². The fourth-order valence-electron chi connectivity index (χ4n) is 2.50. The van der Waals surface area contributed by atoms with Crippen LogP contribution in [-0.4, -0.2) is 12.6 Å². The van der Waals surface area contributed by atoms with E-state index in [0.717, 1.165) is 25.0 Å². The zero-order valence-corrected chi connectivity index (χ0v) is 12.3. The third-order valence-corrected chi connectivity index (χ3v) is 3.79. The number of methoxy groups -OCH3 is 1. The monoisotopic (exact) mass is 269 g/mol. The van der Waals surface area contributed by atoms with Gasteiger partial charge in [0.2, 0.25) is 0 Å². The van der Waals surface area contributed by atoms with Gasteiger partial charge < -0.3 is 10.5 Å². The van der Waals surface area contributed by atoms with E-state index in [1.807, 2.05) is 18.2 Å². The Labute approximate surface area is 121 Å². The molecule has 0 bridgehead atoms. The molecule has 2 rings (SSSR count). The van der Waals surface area contributed by atoms with Gasteiger partial charge in [-0.2, -0.15) is 0 Å². The van der Waals surface area contributed by atoms with Crippen LogP contribution in [0.15, 0.2) is 54.6 Å². The largest absolute Gasteiger partial charge is 0.497 e. The van der Waals surface area contributed by atoms with Crippen molar-refractivity contribution in [3.63, 3.8) is 0 Å². The van der Waals surface area contributed by atoms with Gasteiger partial charge >= 0.3 is 0 Å². The van der Waals surface area contributed by atoms with Gasteiger partial charge in [0.15, 0.2) is 0 Å². The Morgan fingerprint density at radius 1 is 0.950 bits per heavy atom. The molecule has 0 spiro atoms. The topological polar surface area (TPSA) is 35.2 Å². The third-order valence-electron chi connectivity index (χ3n) is 3.79. The van der Waals surface area contributed by atoms with Gasteiger partial charge in [-0.1, -0.05) is 49.4 Å². The zero-order chi connectivity index (χ0) is 14.4. The number of benzene rings is 2. The van der Waals surface area contributed by atoms with Crippen molar-refractivity contribution < 1.29 is 4.74 Å². The third kappa shape index (κ3) is 3.84. The second kappa shape index (κ2) is 6.58. The van der Waals surface area contributed by atoms with Gasteiger partial charge in [0.25, 0.3) is 0 Å². The highest BCUT2D eigenvalue weighted by Crippen LogP contribution is 2.22. The van der Waals surface area contributed by atoms with Crippen molar-refractivity contribution in [2.75, 3.05) is 7.11 Å². The maximum absolute atomic E-state index is 6.61. The van der Waals surface area contributed by atoms with Crippen LogP contribution in [0.4, 0.5) is 0 Å². The van der Waals surface area contributed by atoms with E-state index in [1.165, 1.54) is 11.1 Å². The Kier molecular flexibility index (Phi) is 4.80. The summed E-state index contributed by atoms with van der Waals surface area (Å²) in [7, 11) is 1.69. The normalized spacial score (nSPS) is 13.8. The van der Waals surface area contributed by atoms with Crippen molar-refractivity contribution in [1.29, 1.82) is 0 Å². The summed E-state index contributed by atoms with van der Waals surface area (Å²) in [4.78, 5) is 0. The summed E-state index contributed by atoms with van der Waals surface area (Å²) in [6.45, 7) is 2.16. The molecular weight excluding hydrogens is 246 g/mol. The summed E-state index contributed by atoms with van der Waals surface area (Å²) >= 11 is 0. The van der Waals surface area contributed by atoms with Crippen molar-refractivity contribution in [3.05, 3.63) is 65.7 Å². The molecule has 0 aromatic heterocycles. The molecule has 0 saturated carbocycles. The second-order valence-corrected chi connectivity index (χ2v) is 5.41. The number of hydrogen-bond acceptors (Lipinski definition) is 2. The van der Waals surface area contributed by atoms with E-state index >= 15 is 0 Å². The molecule has 1 atom stereocenters. The Morgan fingerprint density at radius 2 is 1.60 bits per heavy atom. The number of nitrogens with two attached hydrogens (primary N) is 1. The smallest absolute Gasteiger partial charge is 0.119 e. The number of rotatable bonds is 6. The molecular formula is C18H23NO. The average molecular weight is 269 g/mol. The highest BCUT2D eigenvalue weighted by molar-refractivity contribution is 5.30. The van der Waals surface area contributed by atoms with Gasteiger partial charge in [0.1, 0.15) is 5.75 Å². The molecule has 0 amide bonds. The SMILES string of the molecule is CCC(N)(Cc1ccccc1)Cc1cccc(OC)c1. The van der Waals surface area contributed by atoms with Crippen LogP contribution in [0, 0.1) is 0 Å². The molecule has 0 aliphatic heterocycles. The molecule has 106 valence electrons. The minimum Gasteiger partial charge on any atom is -0.497 e. The van der Waals surface area contributed by atoms with Crippen molar-refractivity contribution in [3.8, 4) is 5.75 Å². The molecule has 0 heterocycles. The molecule has 2 aromatic rings. The summed E-state index contributed by atoms with van der Waals surface area (Å²) in [5.41, 5.74) is 8.92. The fraction of sp³-hybridized carbons (Fsp3) is 0.333. The molecule has 0 aliphatic rings. The Bertz CT molecular complexity index is 538. The van der Waals surface area contributed by atoms with Crippen molar-refractivity contribution in [2.24, 2.45) is 5.73 Å². The fourth-order valence-corrected chi connectivity index (χ4v) is 2.50. The molecule has 2 aromatic carbocycles. The Hall–Kier alpha value is -1.80. The summed E-state index contributed by atoms with van der Waals surface area (Å²) in [6.07, 6.45) is 2.69. The van der Waals surface area contributed by atoms with E-state index in [9.17, 15) is 0 Å². The first-order valence-corrected chi connectivity index (χ1v) is 7.11. The molecule has 0 saturated heterocycles. The second-order valence-electron chi connectivity index (χ2n) is 5.41. The Balaban J connectivity index is 2.14. The van der Waals surface area contributed by atoms with Gasteiger partial charge in [0.05, 0.1) is 7.11 Å². The first-order valence-electron chi connectivity index (χ1n) is 7.11. The van der Waals surface area contributed by atoms with Gasteiger partial charge in [-0.3, -0.25) is 0 Å². The minimum atomic E-state index is -0.215. The van der Waals surface area contributed by atoms with Crippen molar-refractivity contribution in [2.45, 2.75) is 31.7 Å². The van der Waals surface area contributed by atoms with Crippen LogP contribution in [0.25, 0.3) is 0 Å². The number of hydrogen-bond donors (Lipinski definition) is 1. The van der Waals surface area contributed by atoms with E-state index in [4.69, 9.17) is 10.5 Å². The molecule has 1 unspecified atom stereocenters. The predicted octanol–water partition coefficient (Wildman–Crippen LogP) is 3.59. The van der Waals surface area contributed by atoms with Crippen LogP contribution < -0.4 is 10.5 Å². The van der Waals surface area contributed by atoms with Gasteiger partial charge in [-0.25, -0.2) is 0 Å². The molecule has 2 N–H and O–H groups in total. The maximum Gasteiger partial charge on any atom is 0.119 e. The first kappa shape index (κ1) is 14.6. The van der Waals surface area contributed by atoms with Gasteiger partial charge in [-0.15, -0.1) is 0 Å². The highest BCUT2D eigenvalue weighted by atomic mass is 16.5. The first-order chi connectivity index (χ1) is 9.65. The lowest BCUT2D eigenvalue weighted by molar-refractivity contribution is 0.398. The molecule has 2 nitrogen and oxygen atoms in total. The van der Waals surface area contributed by atoms with Gasteiger partial charge in [-0.05, 0) is 42.5 Å². The lowest BCUT2D eigenvalue weighted by Gasteiger charge is -2.28. The van der Waals surface area contributed by atoms with Crippen LogP contribution in [0.5, 0.6) is 5.75 Å². The van der Waals surface area contributed by atoms with Crippen LogP contribution in [0.2, 0.25) is 0 Å². The van der Waals surface area contributed by atoms with E-state index in [0.29, 0.717) is 0 Å². The van der Waals surface area contributed by atoms with Crippen LogP contribution in [0.1, 0.15) is 24.5 Å². The molecule has 0 radical (unpaired) electrons. The molecule has 0 aliphatic carbocycles. The predicted molar refractivity (Wildman–Crippen MR) is 84.1 cm³/mol. The highest BCUT2D eigenvalue weighted by Gasteiger charge is 2.23. The maximum atomic E-state index is 6.61. The van der Waals surface area contributed by atoms with E-state index in [2.05, 4.69) is 43.3 Å². The lowest BCUT2D eigenvalue weighted by atomic mass is 9.83. The van der Waals surface area contributed by atoms with Crippen LogP contribution in [0.3, 0.4) is 0 Å². The molecule has 2 heteroatoms. The molecule has 0 fully saturated rings. The van der Waals surface area contributed by atoms with E-state index < -0.39 is 0 Å². The van der Waals surface area contributed by atoms with Crippen LogP contribution >= 0.6 is 0 Å². The standard InChI is InChI=1S/C18H23NO/c1-3-18(19,13-15-8-5-4-6-9-15)14-16-10-7-11-17(12-16)20-2/h4-12H,3,13-14,19H2,1-2H3. The zero-order valence-electron chi connectivity index (χ0n) is 12.3. The summed E-state index contributed by atoms with van der Waals surface area (Å²) < 4.78 is 5.28. The molecule has 20 heavy (non-hydrogen) atoms. The number of ether oxygens (including phenoxy) is 1. The summed E-state index contributed by atoms with van der Waals surface area (Å²) in [5.74, 6) is 0.890. The van der Waals surface area contributed by atoms with Gasteiger partial charge in [0, 0.05) is 5.54 Å². The minimum absolute atomic E-state index is 0.215. The lowest BCUT2D eigenvalue weighted by Crippen LogP contribution is -2.43. The van der Waals surface area contributed by atoms with Crippen LogP contribution in [-0.2, 0) is 12.8 Å².